The summed E-state index contributed by atoms with van der Waals surface area (Å²) in [5.41, 5.74) is 3.23. The molecule has 0 aliphatic rings. The molecule has 1 heterocycles. The monoisotopic (exact) mass is 184 g/mol. The maximum Gasteiger partial charge on any atom is 0.154 e. The van der Waals surface area contributed by atoms with Crippen LogP contribution < -0.4 is 0 Å². The van der Waals surface area contributed by atoms with Gasteiger partial charge in [-0.15, -0.1) is 5.10 Å². The van der Waals surface area contributed by atoms with E-state index in [1.165, 1.54) is 0 Å². The maximum atomic E-state index is 5.82. The Balaban J connectivity index is 3.27. The van der Waals surface area contributed by atoms with Crippen LogP contribution in [0.25, 0.3) is 0 Å². The van der Waals surface area contributed by atoms with Crippen LogP contribution in [0.5, 0.6) is 0 Å². The van der Waals surface area contributed by atoms with Gasteiger partial charge in [0.05, 0.1) is 5.69 Å². The molecule has 0 atom stereocenters. The summed E-state index contributed by atoms with van der Waals surface area (Å²) in [6, 6.07) is 0. The predicted molar refractivity (Wildman–Crippen MR) is 50.6 cm³/mol. The molecule has 3 heteroatoms. The van der Waals surface area contributed by atoms with Crippen molar-refractivity contribution in [1.82, 2.24) is 10.2 Å². The standard InChI is InChI=1S/C9H13ClN2/c1-5(2)8-6(3)7(4)9(10)12-11-8/h5H,1-4H3. The van der Waals surface area contributed by atoms with Gasteiger partial charge in [-0.05, 0) is 30.9 Å². The van der Waals surface area contributed by atoms with E-state index in [0.717, 1.165) is 16.8 Å². The molecule has 1 rings (SSSR count). The third kappa shape index (κ3) is 1.58. The van der Waals surface area contributed by atoms with Crippen molar-refractivity contribution in [2.24, 2.45) is 0 Å². The second-order valence-corrected chi connectivity index (χ2v) is 3.64. The number of rotatable bonds is 1. The van der Waals surface area contributed by atoms with Gasteiger partial charge in [0.15, 0.2) is 5.15 Å². The molecule has 0 unspecified atom stereocenters. The van der Waals surface area contributed by atoms with Gasteiger partial charge in [0.2, 0.25) is 0 Å². The van der Waals surface area contributed by atoms with Crippen LogP contribution in [0.2, 0.25) is 5.15 Å². The van der Waals surface area contributed by atoms with Crippen LogP contribution in [0.1, 0.15) is 36.6 Å². The lowest BCUT2D eigenvalue weighted by atomic mass is 10.0. The first kappa shape index (κ1) is 9.46. The summed E-state index contributed by atoms with van der Waals surface area (Å²) in [4.78, 5) is 0. The van der Waals surface area contributed by atoms with Crippen molar-refractivity contribution in [2.45, 2.75) is 33.6 Å². The van der Waals surface area contributed by atoms with Gasteiger partial charge in [0, 0.05) is 0 Å². The lowest BCUT2D eigenvalue weighted by Crippen LogP contribution is -2.02. The summed E-state index contributed by atoms with van der Waals surface area (Å²) in [5.74, 6) is 0.411. The number of aromatic nitrogens is 2. The molecule has 0 saturated carbocycles. The summed E-state index contributed by atoms with van der Waals surface area (Å²) >= 11 is 5.82. The van der Waals surface area contributed by atoms with Crippen LogP contribution in [-0.4, -0.2) is 10.2 Å². The highest BCUT2D eigenvalue weighted by molar-refractivity contribution is 6.30. The first-order chi connectivity index (χ1) is 5.54. The van der Waals surface area contributed by atoms with Crippen LogP contribution in [0, 0.1) is 13.8 Å². The normalized spacial score (nSPS) is 10.8. The first-order valence-corrected chi connectivity index (χ1v) is 4.41. The van der Waals surface area contributed by atoms with Crippen molar-refractivity contribution in [1.29, 1.82) is 0 Å². The molecule has 0 fully saturated rings. The second kappa shape index (κ2) is 3.40. The van der Waals surface area contributed by atoms with Gasteiger partial charge in [0.1, 0.15) is 0 Å². The lowest BCUT2D eigenvalue weighted by Gasteiger charge is -2.09. The topological polar surface area (TPSA) is 25.8 Å². The molecule has 1 aromatic heterocycles. The zero-order chi connectivity index (χ0) is 9.30. The summed E-state index contributed by atoms with van der Waals surface area (Å²) in [7, 11) is 0. The van der Waals surface area contributed by atoms with Gasteiger partial charge in [0.25, 0.3) is 0 Å². The van der Waals surface area contributed by atoms with E-state index in [1.54, 1.807) is 0 Å². The quantitative estimate of drug-likeness (QED) is 0.671. The fourth-order valence-corrected chi connectivity index (χ4v) is 1.32. The summed E-state index contributed by atoms with van der Waals surface area (Å²) in [6.45, 7) is 8.21. The molecule has 0 spiro atoms. The zero-order valence-electron chi connectivity index (χ0n) is 7.85. The number of nitrogens with zero attached hydrogens (tertiary/aromatic N) is 2. The van der Waals surface area contributed by atoms with Crippen LogP contribution in [0.3, 0.4) is 0 Å². The molecule has 1 aromatic rings. The molecular formula is C9H13ClN2. The van der Waals surface area contributed by atoms with Gasteiger partial charge in [-0.2, -0.15) is 5.10 Å². The molecule has 0 radical (unpaired) electrons. The van der Waals surface area contributed by atoms with Crippen molar-refractivity contribution in [3.63, 3.8) is 0 Å². The zero-order valence-corrected chi connectivity index (χ0v) is 8.61. The highest BCUT2D eigenvalue weighted by Gasteiger charge is 2.10. The van der Waals surface area contributed by atoms with E-state index >= 15 is 0 Å². The molecular weight excluding hydrogens is 172 g/mol. The van der Waals surface area contributed by atoms with E-state index in [1.807, 2.05) is 13.8 Å². The predicted octanol–water partition coefficient (Wildman–Crippen LogP) is 2.87. The molecule has 0 aliphatic heterocycles. The third-order valence-electron chi connectivity index (χ3n) is 2.05. The summed E-state index contributed by atoms with van der Waals surface area (Å²) in [5, 5.41) is 8.44. The van der Waals surface area contributed by atoms with E-state index in [4.69, 9.17) is 11.6 Å². The van der Waals surface area contributed by atoms with E-state index in [2.05, 4.69) is 24.0 Å². The van der Waals surface area contributed by atoms with Gasteiger partial charge in [-0.25, -0.2) is 0 Å². The average Bonchev–Trinajstić information content (AvgIpc) is 2.00. The Hall–Kier alpha value is -0.630. The molecule has 0 bridgehead atoms. The largest absolute Gasteiger partial charge is 0.154 e. The van der Waals surface area contributed by atoms with Crippen LogP contribution >= 0.6 is 11.6 Å². The minimum Gasteiger partial charge on any atom is -0.154 e. The van der Waals surface area contributed by atoms with Crippen molar-refractivity contribution in [3.8, 4) is 0 Å². The van der Waals surface area contributed by atoms with Crippen LogP contribution in [0.15, 0.2) is 0 Å². The molecule has 0 aromatic carbocycles. The highest BCUT2D eigenvalue weighted by atomic mass is 35.5. The van der Waals surface area contributed by atoms with Crippen molar-refractivity contribution < 1.29 is 0 Å². The molecule has 0 aliphatic carbocycles. The number of halogens is 1. The molecule has 0 amide bonds. The highest BCUT2D eigenvalue weighted by Crippen LogP contribution is 2.22. The molecule has 2 nitrogen and oxygen atoms in total. The average molecular weight is 185 g/mol. The summed E-state index contributed by atoms with van der Waals surface area (Å²) in [6.07, 6.45) is 0. The van der Waals surface area contributed by atoms with Gasteiger partial charge in [-0.1, -0.05) is 25.4 Å². The third-order valence-corrected chi connectivity index (χ3v) is 2.41. The van der Waals surface area contributed by atoms with Crippen molar-refractivity contribution in [3.05, 3.63) is 22.0 Å². The first-order valence-electron chi connectivity index (χ1n) is 4.03. The van der Waals surface area contributed by atoms with Crippen LogP contribution in [-0.2, 0) is 0 Å². The minimum absolute atomic E-state index is 0.411. The van der Waals surface area contributed by atoms with Crippen molar-refractivity contribution in [2.75, 3.05) is 0 Å². The van der Waals surface area contributed by atoms with Crippen LogP contribution in [0.4, 0.5) is 0 Å². The van der Waals surface area contributed by atoms with Gasteiger partial charge >= 0.3 is 0 Å². The van der Waals surface area contributed by atoms with E-state index in [-0.39, 0.29) is 0 Å². The van der Waals surface area contributed by atoms with Gasteiger partial charge in [-0.3, -0.25) is 0 Å². The minimum atomic E-state index is 0.411. The van der Waals surface area contributed by atoms with Gasteiger partial charge < -0.3 is 0 Å². The van der Waals surface area contributed by atoms with E-state index < -0.39 is 0 Å². The second-order valence-electron chi connectivity index (χ2n) is 3.28. The van der Waals surface area contributed by atoms with E-state index in [9.17, 15) is 0 Å². The van der Waals surface area contributed by atoms with Crippen molar-refractivity contribution >= 4 is 11.6 Å². The Kier molecular flexibility index (Phi) is 2.68. The van der Waals surface area contributed by atoms with E-state index in [0.29, 0.717) is 11.1 Å². The smallest absolute Gasteiger partial charge is 0.154 e. The maximum absolute atomic E-state index is 5.82. The fraction of sp³-hybridized carbons (Fsp3) is 0.556. The Morgan fingerprint density at radius 2 is 1.67 bits per heavy atom. The molecule has 66 valence electrons. The fourth-order valence-electron chi connectivity index (χ4n) is 1.14. The molecule has 12 heavy (non-hydrogen) atoms. The molecule has 0 N–H and O–H groups in total. The molecule has 0 saturated heterocycles. The number of hydrogen-bond donors (Lipinski definition) is 0. The Morgan fingerprint density at radius 3 is 2.17 bits per heavy atom. The Morgan fingerprint density at radius 1 is 1.08 bits per heavy atom. The lowest BCUT2D eigenvalue weighted by molar-refractivity contribution is 0.769. The number of hydrogen-bond acceptors (Lipinski definition) is 2. The Bertz CT molecular complexity index is 295. The SMILES string of the molecule is Cc1c(Cl)nnc(C(C)C)c1C. The summed E-state index contributed by atoms with van der Waals surface area (Å²) < 4.78 is 0. The Labute approximate surface area is 78.0 Å².